The van der Waals surface area contributed by atoms with Crippen LogP contribution in [0.1, 0.15) is 0 Å². The summed E-state index contributed by atoms with van der Waals surface area (Å²) in [5.74, 6) is 0.257. The number of ether oxygens (including phenoxy) is 1. The summed E-state index contributed by atoms with van der Waals surface area (Å²) in [6.45, 7) is -0.930. The minimum atomic E-state index is -0.930. The van der Waals surface area contributed by atoms with Crippen LogP contribution in [0.2, 0.25) is 5.02 Å². The molecule has 0 atom stereocenters. The fourth-order valence-electron chi connectivity index (χ4n) is 0.804. The Morgan fingerprint density at radius 1 is 1.62 bits per heavy atom. The highest BCUT2D eigenvalue weighted by molar-refractivity contribution is 7.78. The Kier molecular flexibility index (Phi) is 3.83. The van der Waals surface area contributed by atoms with Crippen LogP contribution in [0.4, 0.5) is 10.1 Å². The Balaban J connectivity index is 3.09. The molecule has 0 N–H and O–H groups in total. The molecule has 0 spiro atoms. The van der Waals surface area contributed by atoms with Gasteiger partial charge in [0, 0.05) is 11.1 Å². The van der Waals surface area contributed by atoms with E-state index in [1.807, 2.05) is 0 Å². The third kappa shape index (κ3) is 2.77. The molecule has 0 aliphatic carbocycles. The number of aliphatic imine (C=N–C) groups is 1. The van der Waals surface area contributed by atoms with Crippen LogP contribution in [0.5, 0.6) is 5.75 Å². The lowest BCUT2D eigenvalue weighted by Crippen LogP contribution is -1.89. The number of nitrogens with zero attached hydrogens (tertiary/aromatic N) is 1. The maximum absolute atomic E-state index is 11.9. The van der Waals surface area contributed by atoms with Crippen molar-refractivity contribution in [2.75, 3.05) is 6.86 Å². The highest BCUT2D eigenvalue weighted by atomic mass is 35.5. The number of alkyl halides is 1. The van der Waals surface area contributed by atoms with Gasteiger partial charge in [0.05, 0.1) is 5.16 Å². The summed E-state index contributed by atoms with van der Waals surface area (Å²) in [6.07, 6.45) is 0. The number of isothiocyanates is 1. The van der Waals surface area contributed by atoms with Gasteiger partial charge in [0.15, 0.2) is 5.75 Å². The second-order valence-electron chi connectivity index (χ2n) is 2.07. The minimum absolute atomic E-state index is 0.257. The van der Waals surface area contributed by atoms with Gasteiger partial charge in [0.25, 0.3) is 0 Å². The SMILES string of the molecule is FCOc1cc(Cl)ccc1N=C=S. The first kappa shape index (κ1) is 10.1. The molecule has 0 fully saturated rings. The lowest BCUT2D eigenvalue weighted by Gasteiger charge is -2.03. The lowest BCUT2D eigenvalue weighted by atomic mass is 10.3. The Hall–Kier alpha value is -0.960. The third-order valence-electron chi connectivity index (χ3n) is 1.30. The molecule has 1 aromatic carbocycles. The number of benzene rings is 1. The van der Waals surface area contributed by atoms with Crippen LogP contribution in [0.3, 0.4) is 0 Å². The second kappa shape index (κ2) is 4.92. The molecule has 0 radical (unpaired) electrons. The largest absolute Gasteiger partial charge is 0.461 e. The van der Waals surface area contributed by atoms with Crippen LogP contribution in [0, 0.1) is 0 Å². The number of hydrogen-bond donors (Lipinski definition) is 0. The standard InChI is InChI=1S/C8H5ClFNOS/c9-6-1-2-7(11-5-13)8(3-6)12-4-10/h1-3H,4H2. The molecule has 2 nitrogen and oxygen atoms in total. The average Bonchev–Trinajstić information content (AvgIpc) is 2.10. The van der Waals surface area contributed by atoms with Crippen molar-refractivity contribution in [1.29, 1.82) is 0 Å². The molecule has 0 saturated heterocycles. The van der Waals surface area contributed by atoms with Crippen LogP contribution in [0.15, 0.2) is 23.2 Å². The van der Waals surface area contributed by atoms with E-state index in [1.54, 1.807) is 12.1 Å². The molecule has 0 aliphatic heterocycles. The van der Waals surface area contributed by atoms with Crippen LogP contribution in [-0.4, -0.2) is 12.0 Å². The van der Waals surface area contributed by atoms with Gasteiger partial charge < -0.3 is 4.74 Å². The summed E-state index contributed by atoms with van der Waals surface area (Å²) >= 11 is 10.1. The normalized spacial score (nSPS) is 9.08. The monoisotopic (exact) mass is 217 g/mol. The third-order valence-corrected chi connectivity index (χ3v) is 1.62. The molecule has 0 saturated carbocycles. The highest BCUT2D eigenvalue weighted by Gasteiger charge is 2.02. The first-order chi connectivity index (χ1) is 6.27. The lowest BCUT2D eigenvalue weighted by molar-refractivity contribution is 0.192. The quantitative estimate of drug-likeness (QED) is 0.572. The second-order valence-corrected chi connectivity index (χ2v) is 2.69. The van der Waals surface area contributed by atoms with E-state index in [0.29, 0.717) is 10.7 Å². The van der Waals surface area contributed by atoms with Gasteiger partial charge in [-0.25, -0.2) is 4.39 Å². The maximum atomic E-state index is 11.9. The molecular formula is C8H5ClFNOS. The summed E-state index contributed by atoms with van der Waals surface area (Å²) in [4.78, 5) is 3.68. The van der Waals surface area contributed by atoms with Gasteiger partial charge in [-0.1, -0.05) is 11.6 Å². The molecule has 1 rings (SSSR count). The zero-order chi connectivity index (χ0) is 9.68. The van der Waals surface area contributed by atoms with Gasteiger partial charge in [-0.2, -0.15) is 4.99 Å². The molecule has 68 valence electrons. The molecule has 5 heteroatoms. The number of hydrogen-bond acceptors (Lipinski definition) is 3. The Bertz CT molecular complexity index is 352. The van der Waals surface area contributed by atoms with Crippen LogP contribution in [0.25, 0.3) is 0 Å². The smallest absolute Gasteiger partial charge is 0.228 e. The summed E-state index contributed by atoms with van der Waals surface area (Å²) in [5.41, 5.74) is 0.414. The molecular weight excluding hydrogens is 213 g/mol. The summed E-state index contributed by atoms with van der Waals surface area (Å²) in [5, 5.41) is 2.62. The average molecular weight is 218 g/mol. The Morgan fingerprint density at radius 3 is 3.00 bits per heavy atom. The topological polar surface area (TPSA) is 21.6 Å². The molecule has 0 aromatic heterocycles. The zero-order valence-electron chi connectivity index (χ0n) is 6.46. The fourth-order valence-corrected chi connectivity index (χ4v) is 1.06. The van der Waals surface area contributed by atoms with Gasteiger partial charge in [0.1, 0.15) is 5.69 Å². The molecule has 0 unspecified atom stereocenters. The summed E-state index contributed by atoms with van der Waals surface area (Å²) in [6, 6.07) is 4.65. The fraction of sp³-hybridized carbons (Fsp3) is 0.125. The predicted octanol–water partition coefficient (Wildman–Crippen LogP) is 3.38. The van der Waals surface area contributed by atoms with Gasteiger partial charge in [-0.3, -0.25) is 0 Å². The molecule has 0 aliphatic rings. The minimum Gasteiger partial charge on any atom is -0.461 e. The van der Waals surface area contributed by atoms with Crippen LogP contribution >= 0.6 is 23.8 Å². The molecule has 0 bridgehead atoms. The Morgan fingerprint density at radius 2 is 2.38 bits per heavy atom. The van der Waals surface area contributed by atoms with Crippen molar-refractivity contribution in [2.24, 2.45) is 4.99 Å². The van der Waals surface area contributed by atoms with Crippen LogP contribution < -0.4 is 4.74 Å². The van der Waals surface area contributed by atoms with Crippen molar-refractivity contribution < 1.29 is 9.13 Å². The first-order valence-corrected chi connectivity index (χ1v) is 4.12. The van der Waals surface area contributed by atoms with Gasteiger partial charge in [0.2, 0.25) is 6.86 Å². The molecule has 13 heavy (non-hydrogen) atoms. The summed E-state index contributed by atoms with van der Waals surface area (Å²) < 4.78 is 16.5. The van der Waals surface area contributed by atoms with E-state index in [-0.39, 0.29) is 5.75 Å². The number of halogens is 2. The van der Waals surface area contributed by atoms with E-state index in [9.17, 15) is 4.39 Å². The van der Waals surface area contributed by atoms with Crippen molar-refractivity contribution in [2.45, 2.75) is 0 Å². The number of thiocarbonyl (C=S) groups is 1. The van der Waals surface area contributed by atoms with Crippen molar-refractivity contribution in [3.63, 3.8) is 0 Å². The van der Waals surface area contributed by atoms with Gasteiger partial charge in [-0.05, 0) is 24.4 Å². The van der Waals surface area contributed by atoms with E-state index in [2.05, 4.69) is 27.1 Å². The van der Waals surface area contributed by atoms with E-state index in [1.165, 1.54) is 6.07 Å². The Labute approximate surface area is 85.0 Å². The van der Waals surface area contributed by atoms with Crippen molar-refractivity contribution in [1.82, 2.24) is 0 Å². The maximum Gasteiger partial charge on any atom is 0.228 e. The molecule has 0 amide bonds. The van der Waals surface area contributed by atoms with Crippen molar-refractivity contribution in [3.8, 4) is 5.75 Å². The highest BCUT2D eigenvalue weighted by Crippen LogP contribution is 2.30. The zero-order valence-corrected chi connectivity index (χ0v) is 8.03. The summed E-state index contributed by atoms with van der Waals surface area (Å²) in [7, 11) is 0. The number of rotatable bonds is 3. The predicted molar refractivity (Wildman–Crippen MR) is 52.7 cm³/mol. The van der Waals surface area contributed by atoms with E-state index < -0.39 is 6.86 Å². The van der Waals surface area contributed by atoms with Gasteiger partial charge >= 0.3 is 0 Å². The van der Waals surface area contributed by atoms with E-state index in [0.717, 1.165) is 0 Å². The van der Waals surface area contributed by atoms with Crippen LogP contribution in [-0.2, 0) is 0 Å². The molecule has 0 heterocycles. The van der Waals surface area contributed by atoms with E-state index >= 15 is 0 Å². The van der Waals surface area contributed by atoms with Gasteiger partial charge in [-0.15, -0.1) is 0 Å². The molecule has 1 aromatic rings. The first-order valence-electron chi connectivity index (χ1n) is 3.34. The van der Waals surface area contributed by atoms with Crippen molar-refractivity contribution in [3.05, 3.63) is 23.2 Å². The van der Waals surface area contributed by atoms with Crippen molar-refractivity contribution >= 4 is 34.7 Å². The van der Waals surface area contributed by atoms with E-state index in [4.69, 9.17) is 11.6 Å².